The SMILES string of the molecule is O=C(O)c1ccc(C(=O)Nc2sc3c(c2C(=O)NCc2ccccc2)CCCC3)cc1. The zero-order valence-electron chi connectivity index (χ0n) is 16.8. The zero-order chi connectivity index (χ0) is 21.8. The van der Waals surface area contributed by atoms with Gasteiger partial charge in [0.25, 0.3) is 11.8 Å². The quantitative estimate of drug-likeness (QED) is 0.532. The molecule has 6 nitrogen and oxygen atoms in total. The molecular formula is C24H22N2O4S. The highest BCUT2D eigenvalue weighted by molar-refractivity contribution is 7.17. The molecule has 0 spiro atoms. The van der Waals surface area contributed by atoms with Gasteiger partial charge < -0.3 is 15.7 Å². The first-order valence-electron chi connectivity index (χ1n) is 10.1. The molecule has 31 heavy (non-hydrogen) atoms. The number of thiophene rings is 1. The minimum absolute atomic E-state index is 0.115. The van der Waals surface area contributed by atoms with Crippen molar-refractivity contribution in [3.8, 4) is 0 Å². The number of carboxylic acid groups (broad SMARTS) is 1. The molecule has 4 rings (SSSR count). The second kappa shape index (κ2) is 9.14. The molecule has 0 radical (unpaired) electrons. The Labute approximate surface area is 183 Å². The normalized spacial score (nSPS) is 12.6. The average Bonchev–Trinajstić information content (AvgIpc) is 3.16. The van der Waals surface area contributed by atoms with E-state index in [1.54, 1.807) is 0 Å². The number of benzene rings is 2. The number of hydrogen-bond acceptors (Lipinski definition) is 4. The summed E-state index contributed by atoms with van der Waals surface area (Å²) < 4.78 is 0. The van der Waals surface area contributed by atoms with Gasteiger partial charge in [0.1, 0.15) is 5.00 Å². The van der Waals surface area contributed by atoms with E-state index in [1.165, 1.54) is 35.6 Å². The predicted octanol–water partition coefficient (Wildman–Crippen LogP) is 4.51. The van der Waals surface area contributed by atoms with Gasteiger partial charge in [-0.25, -0.2) is 4.79 Å². The summed E-state index contributed by atoms with van der Waals surface area (Å²) in [6.07, 6.45) is 3.82. The number of nitrogens with one attached hydrogen (secondary N) is 2. The molecular weight excluding hydrogens is 412 g/mol. The van der Waals surface area contributed by atoms with Gasteiger partial charge in [-0.2, -0.15) is 0 Å². The van der Waals surface area contributed by atoms with E-state index in [0.717, 1.165) is 41.7 Å². The molecule has 7 heteroatoms. The van der Waals surface area contributed by atoms with Crippen molar-refractivity contribution >= 4 is 34.1 Å². The fraction of sp³-hybridized carbons (Fsp3) is 0.208. The first-order valence-corrected chi connectivity index (χ1v) is 11.0. The number of carbonyl (C=O) groups is 3. The van der Waals surface area contributed by atoms with E-state index in [9.17, 15) is 14.4 Å². The lowest BCUT2D eigenvalue weighted by Gasteiger charge is -2.13. The summed E-state index contributed by atoms with van der Waals surface area (Å²) in [5.74, 6) is -1.61. The van der Waals surface area contributed by atoms with Gasteiger partial charge in [0.05, 0.1) is 11.1 Å². The van der Waals surface area contributed by atoms with Gasteiger partial charge in [0, 0.05) is 17.0 Å². The number of aryl methyl sites for hydroxylation is 1. The number of carboxylic acids is 1. The molecule has 1 aliphatic carbocycles. The predicted molar refractivity (Wildman–Crippen MR) is 120 cm³/mol. The van der Waals surface area contributed by atoms with Crippen LogP contribution < -0.4 is 10.6 Å². The van der Waals surface area contributed by atoms with E-state index in [-0.39, 0.29) is 17.4 Å². The fourth-order valence-corrected chi connectivity index (χ4v) is 4.98. The van der Waals surface area contributed by atoms with Crippen molar-refractivity contribution < 1.29 is 19.5 Å². The minimum atomic E-state index is -1.05. The van der Waals surface area contributed by atoms with Crippen LogP contribution in [0.15, 0.2) is 54.6 Å². The third kappa shape index (κ3) is 4.67. The van der Waals surface area contributed by atoms with E-state index in [0.29, 0.717) is 22.7 Å². The Balaban J connectivity index is 1.57. The van der Waals surface area contributed by atoms with E-state index < -0.39 is 5.97 Å². The van der Waals surface area contributed by atoms with Crippen LogP contribution in [0.25, 0.3) is 0 Å². The third-order valence-electron chi connectivity index (χ3n) is 5.32. The number of amides is 2. The molecule has 2 aromatic carbocycles. The number of fused-ring (bicyclic) bond motifs is 1. The first kappa shape index (κ1) is 20.8. The molecule has 1 heterocycles. The Hall–Kier alpha value is -3.45. The Morgan fingerprint density at radius 3 is 2.26 bits per heavy atom. The van der Waals surface area contributed by atoms with E-state index in [4.69, 9.17) is 5.11 Å². The van der Waals surface area contributed by atoms with Crippen LogP contribution in [0.1, 0.15) is 59.9 Å². The van der Waals surface area contributed by atoms with Gasteiger partial charge in [-0.3, -0.25) is 9.59 Å². The Kier molecular flexibility index (Phi) is 6.13. The molecule has 1 aromatic heterocycles. The molecule has 158 valence electrons. The summed E-state index contributed by atoms with van der Waals surface area (Å²) in [6, 6.07) is 15.4. The fourth-order valence-electron chi connectivity index (χ4n) is 3.70. The number of rotatable bonds is 6. The molecule has 0 fully saturated rings. The Morgan fingerprint density at radius 2 is 1.55 bits per heavy atom. The average molecular weight is 435 g/mol. The molecule has 0 unspecified atom stereocenters. The van der Waals surface area contributed by atoms with Gasteiger partial charge in [-0.1, -0.05) is 30.3 Å². The van der Waals surface area contributed by atoms with Crippen molar-refractivity contribution in [3.05, 3.63) is 87.3 Å². The second-order valence-corrected chi connectivity index (χ2v) is 8.53. The lowest BCUT2D eigenvalue weighted by atomic mass is 9.95. The van der Waals surface area contributed by atoms with E-state index in [1.807, 2.05) is 30.3 Å². The standard InChI is InChI=1S/C24H22N2O4S/c27-21(16-10-12-17(13-11-16)24(29)30)26-23-20(18-8-4-5-9-19(18)31-23)22(28)25-14-15-6-2-1-3-7-15/h1-3,6-7,10-13H,4-5,8-9,14H2,(H,25,28)(H,26,27)(H,29,30). The maximum atomic E-state index is 13.1. The minimum Gasteiger partial charge on any atom is -0.478 e. The smallest absolute Gasteiger partial charge is 0.335 e. The van der Waals surface area contributed by atoms with Crippen molar-refractivity contribution in [3.63, 3.8) is 0 Å². The lowest BCUT2D eigenvalue weighted by molar-refractivity contribution is 0.0696. The Bertz CT molecular complexity index is 1120. The summed E-state index contributed by atoms with van der Waals surface area (Å²) in [7, 11) is 0. The van der Waals surface area contributed by atoms with Crippen LogP contribution in [0.4, 0.5) is 5.00 Å². The second-order valence-electron chi connectivity index (χ2n) is 7.42. The molecule has 1 aliphatic rings. The van der Waals surface area contributed by atoms with Crippen molar-refractivity contribution in [2.24, 2.45) is 0 Å². The maximum Gasteiger partial charge on any atom is 0.335 e. The Morgan fingerprint density at radius 1 is 0.871 bits per heavy atom. The van der Waals surface area contributed by atoms with Crippen molar-refractivity contribution in [1.82, 2.24) is 5.32 Å². The van der Waals surface area contributed by atoms with Crippen LogP contribution in [0.5, 0.6) is 0 Å². The van der Waals surface area contributed by atoms with Crippen LogP contribution in [-0.2, 0) is 19.4 Å². The summed E-state index contributed by atoms with van der Waals surface area (Å²) in [5, 5.41) is 15.4. The first-order chi connectivity index (χ1) is 15.0. The van der Waals surface area contributed by atoms with Gasteiger partial charge in [-0.05, 0) is 61.1 Å². The zero-order valence-corrected chi connectivity index (χ0v) is 17.6. The summed E-state index contributed by atoms with van der Waals surface area (Å²) in [6.45, 7) is 0.411. The number of carbonyl (C=O) groups excluding carboxylic acids is 2. The van der Waals surface area contributed by atoms with Gasteiger partial charge in [0.15, 0.2) is 0 Å². The van der Waals surface area contributed by atoms with Crippen molar-refractivity contribution in [2.75, 3.05) is 5.32 Å². The molecule has 0 aliphatic heterocycles. The number of hydrogen-bond donors (Lipinski definition) is 3. The van der Waals surface area contributed by atoms with Crippen LogP contribution >= 0.6 is 11.3 Å². The largest absolute Gasteiger partial charge is 0.478 e. The van der Waals surface area contributed by atoms with Crippen LogP contribution in [0, 0.1) is 0 Å². The van der Waals surface area contributed by atoms with E-state index in [2.05, 4.69) is 10.6 Å². The van der Waals surface area contributed by atoms with Crippen LogP contribution in [-0.4, -0.2) is 22.9 Å². The molecule has 0 saturated heterocycles. The number of aromatic carboxylic acids is 1. The highest BCUT2D eigenvalue weighted by atomic mass is 32.1. The van der Waals surface area contributed by atoms with Crippen molar-refractivity contribution in [2.45, 2.75) is 32.2 Å². The van der Waals surface area contributed by atoms with Gasteiger partial charge >= 0.3 is 5.97 Å². The lowest BCUT2D eigenvalue weighted by Crippen LogP contribution is -2.25. The maximum absolute atomic E-state index is 13.1. The number of anilines is 1. The molecule has 2 amide bonds. The van der Waals surface area contributed by atoms with Crippen LogP contribution in [0.3, 0.4) is 0 Å². The summed E-state index contributed by atoms with van der Waals surface area (Å²) >= 11 is 1.46. The topological polar surface area (TPSA) is 95.5 Å². The molecule has 0 atom stereocenters. The highest BCUT2D eigenvalue weighted by Crippen LogP contribution is 2.38. The van der Waals surface area contributed by atoms with Crippen LogP contribution in [0.2, 0.25) is 0 Å². The van der Waals surface area contributed by atoms with Gasteiger partial charge in [-0.15, -0.1) is 11.3 Å². The monoisotopic (exact) mass is 434 g/mol. The highest BCUT2D eigenvalue weighted by Gasteiger charge is 2.26. The van der Waals surface area contributed by atoms with E-state index >= 15 is 0 Å². The van der Waals surface area contributed by atoms with Crippen molar-refractivity contribution in [1.29, 1.82) is 0 Å². The summed E-state index contributed by atoms with van der Waals surface area (Å²) in [5.41, 5.74) is 3.03. The molecule has 3 aromatic rings. The summed E-state index contributed by atoms with van der Waals surface area (Å²) in [4.78, 5) is 38.0. The van der Waals surface area contributed by atoms with Gasteiger partial charge in [0.2, 0.25) is 0 Å². The molecule has 3 N–H and O–H groups in total. The molecule has 0 saturated carbocycles. The third-order valence-corrected chi connectivity index (χ3v) is 6.52. The molecule has 0 bridgehead atoms.